The SMILES string of the molecule is Cc1cc(O[C@@H](C)C(=O)N(Cc2cccc(F)c2)[C@H]2CCS(=O)(=O)C2)ccc1Cl. The van der Waals surface area contributed by atoms with E-state index in [0.29, 0.717) is 22.8 Å². The average molecular weight is 440 g/mol. The number of amides is 1. The Labute approximate surface area is 175 Å². The summed E-state index contributed by atoms with van der Waals surface area (Å²) in [7, 11) is -3.19. The standard InChI is InChI=1S/C21H23ClFNO4S/c1-14-10-19(6-7-20(14)22)28-15(2)21(25)24(18-8-9-29(26,27)13-18)12-16-4-3-5-17(23)11-16/h3-7,10-11,15,18H,8-9,12-13H2,1-2H3/t15-,18-/m0/s1. The summed E-state index contributed by atoms with van der Waals surface area (Å²) in [4.78, 5) is 14.7. The van der Waals surface area contributed by atoms with E-state index in [2.05, 4.69) is 0 Å². The first-order valence-corrected chi connectivity index (χ1v) is 11.5. The van der Waals surface area contributed by atoms with Crippen molar-refractivity contribution < 1.29 is 22.3 Å². The highest BCUT2D eigenvalue weighted by Gasteiger charge is 2.36. The van der Waals surface area contributed by atoms with Crippen LogP contribution in [-0.2, 0) is 21.2 Å². The number of benzene rings is 2. The molecule has 29 heavy (non-hydrogen) atoms. The van der Waals surface area contributed by atoms with Gasteiger partial charge >= 0.3 is 0 Å². The number of carbonyl (C=O) groups excluding carboxylic acids is 1. The van der Waals surface area contributed by atoms with Crippen molar-refractivity contribution in [3.05, 3.63) is 64.4 Å². The van der Waals surface area contributed by atoms with Crippen molar-refractivity contribution in [3.8, 4) is 5.75 Å². The number of hydrogen-bond acceptors (Lipinski definition) is 4. The third kappa shape index (κ3) is 5.48. The number of sulfone groups is 1. The van der Waals surface area contributed by atoms with Gasteiger partial charge in [-0.15, -0.1) is 0 Å². The van der Waals surface area contributed by atoms with Gasteiger partial charge < -0.3 is 9.64 Å². The molecular weight excluding hydrogens is 417 g/mol. The Kier molecular flexibility index (Phi) is 6.49. The first kappa shape index (κ1) is 21.6. The van der Waals surface area contributed by atoms with Crippen molar-refractivity contribution in [2.75, 3.05) is 11.5 Å². The van der Waals surface area contributed by atoms with Gasteiger partial charge in [-0.2, -0.15) is 0 Å². The maximum Gasteiger partial charge on any atom is 0.263 e. The maximum atomic E-state index is 13.6. The molecule has 3 rings (SSSR count). The molecule has 0 unspecified atom stereocenters. The van der Waals surface area contributed by atoms with Crippen LogP contribution >= 0.6 is 11.6 Å². The molecule has 0 radical (unpaired) electrons. The zero-order chi connectivity index (χ0) is 21.2. The molecule has 0 N–H and O–H groups in total. The second-order valence-corrected chi connectivity index (χ2v) is 9.96. The zero-order valence-electron chi connectivity index (χ0n) is 16.3. The molecule has 2 aromatic rings. The van der Waals surface area contributed by atoms with E-state index in [1.807, 2.05) is 6.92 Å². The molecule has 1 fully saturated rings. The van der Waals surface area contributed by atoms with E-state index in [4.69, 9.17) is 16.3 Å². The van der Waals surface area contributed by atoms with Crippen LogP contribution in [0.2, 0.25) is 5.02 Å². The van der Waals surface area contributed by atoms with E-state index in [-0.39, 0.29) is 24.0 Å². The molecule has 5 nitrogen and oxygen atoms in total. The monoisotopic (exact) mass is 439 g/mol. The summed E-state index contributed by atoms with van der Waals surface area (Å²) in [6.07, 6.45) is -0.483. The van der Waals surface area contributed by atoms with Gasteiger partial charge in [0.1, 0.15) is 11.6 Å². The summed E-state index contributed by atoms with van der Waals surface area (Å²) in [6, 6.07) is 10.6. The highest BCUT2D eigenvalue weighted by Crippen LogP contribution is 2.25. The van der Waals surface area contributed by atoms with Gasteiger partial charge in [-0.1, -0.05) is 23.7 Å². The Morgan fingerprint density at radius 3 is 2.69 bits per heavy atom. The predicted molar refractivity (Wildman–Crippen MR) is 110 cm³/mol. The Morgan fingerprint density at radius 1 is 1.31 bits per heavy atom. The molecule has 2 atom stereocenters. The minimum Gasteiger partial charge on any atom is -0.481 e. The summed E-state index contributed by atoms with van der Waals surface area (Å²) in [5.74, 6) is -0.312. The molecule has 1 aliphatic heterocycles. The lowest BCUT2D eigenvalue weighted by Crippen LogP contribution is -2.46. The van der Waals surface area contributed by atoms with Gasteiger partial charge in [0.15, 0.2) is 15.9 Å². The van der Waals surface area contributed by atoms with Gasteiger partial charge in [0.25, 0.3) is 5.91 Å². The second-order valence-electron chi connectivity index (χ2n) is 7.32. The zero-order valence-corrected chi connectivity index (χ0v) is 17.8. The number of halogens is 2. The Hall–Kier alpha value is -2.12. The summed E-state index contributed by atoms with van der Waals surface area (Å²) >= 11 is 6.03. The number of rotatable bonds is 6. The molecule has 1 amide bonds. The minimum absolute atomic E-state index is 0.0379. The van der Waals surface area contributed by atoms with Crippen LogP contribution in [0.1, 0.15) is 24.5 Å². The normalized spacial score (nSPS) is 19.0. The van der Waals surface area contributed by atoms with E-state index < -0.39 is 27.8 Å². The summed E-state index contributed by atoms with van der Waals surface area (Å²) < 4.78 is 43.3. The fourth-order valence-corrected chi connectivity index (χ4v) is 5.27. The van der Waals surface area contributed by atoms with Crippen LogP contribution in [0, 0.1) is 12.7 Å². The van der Waals surface area contributed by atoms with Crippen LogP contribution in [0.15, 0.2) is 42.5 Å². The van der Waals surface area contributed by atoms with E-state index in [1.54, 1.807) is 37.3 Å². The van der Waals surface area contributed by atoms with Crippen molar-refractivity contribution in [2.24, 2.45) is 0 Å². The lowest BCUT2D eigenvalue weighted by molar-refractivity contribution is -0.140. The van der Waals surface area contributed by atoms with Crippen LogP contribution in [0.3, 0.4) is 0 Å². The van der Waals surface area contributed by atoms with E-state index in [0.717, 1.165) is 5.56 Å². The van der Waals surface area contributed by atoms with Crippen molar-refractivity contribution in [2.45, 2.75) is 39.0 Å². The lowest BCUT2D eigenvalue weighted by Gasteiger charge is -2.31. The number of carbonyl (C=O) groups is 1. The largest absolute Gasteiger partial charge is 0.481 e. The number of ether oxygens (including phenoxy) is 1. The van der Waals surface area contributed by atoms with Gasteiger partial charge in [-0.25, -0.2) is 12.8 Å². The topological polar surface area (TPSA) is 63.7 Å². The van der Waals surface area contributed by atoms with Gasteiger partial charge in [0, 0.05) is 17.6 Å². The van der Waals surface area contributed by atoms with Gasteiger partial charge in [-0.05, 0) is 61.7 Å². The molecule has 1 aliphatic rings. The third-order valence-corrected chi connectivity index (χ3v) is 7.14. The Morgan fingerprint density at radius 2 is 2.07 bits per heavy atom. The van der Waals surface area contributed by atoms with Crippen LogP contribution < -0.4 is 4.74 Å². The summed E-state index contributed by atoms with van der Waals surface area (Å²) in [6.45, 7) is 3.57. The Balaban J connectivity index is 1.81. The van der Waals surface area contributed by atoms with Crippen LogP contribution in [0.4, 0.5) is 4.39 Å². The molecule has 2 aromatic carbocycles. The van der Waals surface area contributed by atoms with Crippen LogP contribution in [0.5, 0.6) is 5.75 Å². The highest BCUT2D eigenvalue weighted by molar-refractivity contribution is 7.91. The average Bonchev–Trinajstić information content (AvgIpc) is 3.02. The summed E-state index contributed by atoms with van der Waals surface area (Å²) in [5.41, 5.74) is 1.42. The lowest BCUT2D eigenvalue weighted by atomic mass is 10.1. The van der Waals surface area contributed by atoms with E-state index in [9.17, 15) is 17.6 Å². The smallest absolute Gasteiger partial charge is 0.263 e. The quantitative estimate of drug-likeness (QED) is 0.687. The van der Waals surface area contributed by atoms with Crippen molar-refractivity contribution in [1.82, 2.24) is 4.90 Å². The molecule has 1 saturated heterocycles. The van der Waals surface area contributed by atoms with Gasteiger partial charge in [0.2, 0.25) is 0 Å². The molecule has 0 saturated carbocycles. The molecule has 0 bridgehead atoms. The van der Waals surface area contributed by atoms with Crippen molar-refractivity contribution >= 4 is 27.3 Å². The summed E-state index contributed by atoms with van der Waals surface area (Å²) in [5, 5.41) is 0.597. The highest BCUT2D eigenvalue weighted by atomic mass is 35.5. The molecule has 0 aliphatic carbocycles. The van der Waals surface area contributed by atoms with Crippen LogP contribution in [-0.4, -0.2) is 42.9 Å². The minimum atomic E-state index is -3.19. The first-order chi connectivity index (χ1) is 13.6. The fourth-order valence-electron chi connectivity index (χ4n) is 3.42. The second kappa shape index (κ2) is 8.71. The van der Waals surface area contributed by atoms with Crippen molar-refractivity contribution in [1.29, 1.82) is 0 Å². The Bertz CT molecular complexity index is 1010. The van der Waals surface area contributed by atoms with Crippen molar-refractivity contribution in [3.63, 3.8) is 0 Å². The molecule has 1 heterocycles. The van der Waals surface area contributed by atoms with Crippen LogP contribution in [0.25, 0.3) is 0 Å². The van der Waals surface area contributed by atoms with E-state index in [1.165, 1.54) is 17.0 Å². The van der Waals surface area contributed by atoms with Gasteiger partial charge in [0.05, 0.1) is 11.5 Å². The fraction of sp³-hybridized carbons (Fsp3) is 0.381. The molecule has 0 aromatic heterocycles. The third-order valence-electron chi connectivity index (χ3n) is 4.96. The number of hydrogen-bond donors (Lipinski definition) is 0. The predicted octanol–water partition coefficient (Wildman–Crippen LogP) is 3.77. The molecular formula is C21H23ClFNO4S. The van der Waals surface area contributed by atoms with Gasteiger partial charge in [-0.3, -0.25) is 4.79 Å². The van der Waals surface area contributed by atoms with E-state index >= 15 is 0 Å². The number of aryl methyl sites for hydroxylation is 1. The number of nitrogens with zero attached hydrogens (tertiary/aromatic N) is 1. The molecule has 156 valence electrons. The first-order valence-electron chi connectivity index (χ1n) is 9.33. The molecule has 8 heteroatoms. The maximum absolute atomic E-state index is 13.6. The molecule has 0 spiro atoms.